The highest BCUT2D eigenvalue weighted by Gasteiger charge is 1.80. The van der Waals surface area contributed by atoms with Crippen molar-refractivity contribution in [2.75, 3.05) is 0 Å². The van der Waals surface area contributed by atoms with Gasteiger partial charge in [0, 0.05) is 12.4 Å². The predicted molar refractivity (Wildman–Crippen MR) is 41.1 cm³/mol. The molecule has 1 aromatic rings. The Labute approximate surface area is 56.8 Å². The summed E-state index contributed by atoms with van der Waals surface area (Å²) in [5, 5.41) is 4.01. The fraction of sp³-hybridized carbons (Fsp3) is 0.167. The van der Waals surface area contributed by atoms with E-state index in [1.165, 1.54) is 0 Å². The summed E-state index contributed by atoms with van der Waals surface area (Å²) in [6.45, 7) is 0.858. The highest BCUT2D eigenvalue weighted by atomic mass is 31.0. The molecule has 2 nitrogen and oxygen atoms in total. The Kier molecular flexibility index (Phi) is 2.47. The van der Waals surface area contributed by atoms with Gasteiger partial charge in [0.25, 0.3) is 0 Å². The van der Waals surface area contributed by atoms with Crippen molar-refractivity contribution in [2.45, 2.75) is 6.54 Å². The molecule has 3 heteroatoms. The van der Waals surface area contributed by atoms with Crippen LogP contribution in [0.5, 0.6) is 0 Å². The molecular weight excluding hydrogens is 131 g/mol. The molecule has 1 rings (SSSR count). The highest BCUT2D eigenvalue weighted by molar-refractivity contribution is 7.20. The lowest BCUT2D eigenvalue weighted by molar-refractivity contribution is 0.702. The zero-order valence-corrected chi connectivity index (χ0v) is 6.22. The van der Waals surface area contributed by atoms with E-state index in [1.807, 2.05) is 28.8 Å². The van der Waals surface area contributed by atoms with Gasteiger partial charge in [-0.2, -0.15) is 5.10 Å². The Bertz CT molecular complexity index is 179. The monoisotopic (exact) mass is 140 g/mol. The van der Waals surface area contributed by atoms with Gasteiger partial charge in [-0.25, -0.2) is 0 Å². The molecule has 0 N–H and O–H groups in total. The second-order valence-corrected chi connectivity index (χ2v) is 2.04. The summed E-state index contributed by atoms with van der Waals surface area (Å²) in [4.78, 5) is 0. The molecule has 0 aromatic carbocycles. The lowest BCUT2D eigenvalue weighted by Crippen LogP contribution is -1.93. The molecule has 0 saturated heterocycles. The van der Waals surface area contributed by atoms with Crippen molar-refractivity contribution in [3.8, 4) is 0 Å². The largest absolute Gasteiger partial charge is 0.269 e. The summed E-state index contributed by atoms with van der Waals surface area (Å²) < 4.78 is 1.86. The van der Waals surface area contributed by atoms with Crippen LogP contribution in [0.3, 0.4) is 0 Å². The van der Waals surface area contributed by atoms with E-state index in [9.17, 15) is 0 Å². The van der Waals surface area contributed by atoms with Gasteiger partial charge in [0.15, 0.2) is 0 Å². The summed E-state index contributed by atoms with van der Waals surface area (Å²) in [6.07, 6.45) is 5.74. The van der Waals surface area contributed by atoms with E-state index in [4.69, 9.17) is 0 Å². The molecule has 1 unspecified atom stereocenters. The molecule has 0 bridgehead atoms. The van der Waals surface area contributed by atoms with Gasteiger partial charge in [-0.15, -0.1) is 9.24 Å². The van der Waals surface area contributed by atoms with Crippen LogP contribution in [0.1, 0.15) is 0 Å². The number of aromatic nitrogens is 2. The maximum atomic E-state index is 4.01. The number of nitrogens with zero attached hydrogens (tertiary/aromatic N) is 2. The van der Waals surface area contributed by atoms with Crippen LogP contribution in [0.4, 0.5) is 0 Å². The van der Waals surface area contributed by atoms with Crippen molar-refractivity contribution in [1.82, 2.24) is 9.78 Å². The first-order chi connectivity index (χ1) is 4.43. The van der Waals surface area contributed by atoms with Crippen LogP contribution in [0.2, 0.25) is 0 Å². The average Bonchev–Trinajstić information content (AvgIpc) is 2.34. The van der Waals surface area contributed by atoms with Crippen molar-refractivity contribution in [3.63, 3.8) is 0 Å². The van der Waals surface area contributed by atoms with E-state index in [0.29, 0.717) is 0 Å². The van der Waals surface area contributed by atoms with Crippen LogP contribution in [0.25, 0.3) is 0 Å². The third-order valence-corrected chi connectivity index (χ3v) is 1.26. The van der Waals surface area contributed by atoms with Crippen molar-refractivity contribution in [1.29, 1.82) is 0 Å². The summed E-state index contributed by atoms with van der Waals surface area (Å²) in [5.41, 5.74) is 0. The van der Waals surface area contributed by atoms with Crippen LogP contribution in [-0.2, 0) is 6.54 Å². The number of rotatable bonds is 2. The Hall–Kier alpha value is -0.620. The van der Waals surface area contributed by atoms with Crippen LogP contribution in [0, 0.1) is 0 Å². The molecule has 0 aliphatic heterocycles. The average molecular weight is 140 g/mol. The fourth-order valence-corrected chi connectivity index (χ4v) is 0.699. The third-order valence-electron chi connectivity index (χ3n) is 0.988. The number of allylic oxidation sites excluding steroid dienone is 1. The Morgan fingerprint density at radius 3 is 3.11 bits per heavy atom. The van der Waals surface area contributed by atoms with Crippen LogP contribution < -0.4 is 0 Å². The van der Waals surface area contributed by atoms with Gasteiger partial charge in [0.05, 0.1) is 6.54 Å². The second kappa shape index (κ2) is 3.41. The van der Waals surface area contributed by atoms with Crippen molar-refractivity contribution >= 4 is 9.24 Å². The normalized spacial score (nSPS) is 10.8. The SMILES string of the molecule is P/C=C/Cn1cccn1. The highest BCUT2D eigenvalue weighted by Crippen LogP contribution is 1.88. The molecule has 9 heavy (non-hydrogen) atoms. The maximum absolute atomic E-state index is 4.01. The zero-order valence-electron chi connectivity index (χ0n) is 5.07. The second-order valence-electron chi connectivity index (χ2n) is 1.66. The van der Waals surface area contributed by atoms with E-state index in [-0.39, 0.29) is 0 Å². The maximum Gasteiger partial charge on any atom is 0.0593 e. The number of hydrogen-bond acceptors (Lipinski definition) is 1. The lowest BCUT2D eigenvalue weighted by Gasteiger charge is -1.90. The smallest absolute Gasteiger partial charge is 0.0593 e. The minimum absolute atomic E-state index is 0.858. The van der Waals surface area contributed by atoms with Gasteiger partial charge in [-0.1, -0.05) is 11.9 Å². The van der Waals surface area contributed by atoms with Gasteiger partial charge in [0.2, 0.25) is 0 Å². The lowest BCUT2D eigenvalue weighted by atomic mass is 10.6. The Morgan fingerprint density at radius 1 is 1.67 bits per heavy atom. The zero-order chi connectivity index (χ0) is 6.53. The standard InChI is InChI=1S/C6H9N2P/c9-6-2-5-8-4-1-3-7-8/h1-4,6H,5,9H2/b6-2+. The van der Waals surface area contributed by atoms with Gasteiger partial charge in [0.1, 0.15) is 0 Å². The van der Waals surface area contributed by atoms with Crippen molar-refractivity contribution < 1.29 is 0 Å². The first kappa shape index (κ1) is 6.50. The van der Waals surface area contributed by atoms with E-state index >= 15 is 0 Å². The van der Waals surface area contributed by atoms with E-state index < -0.39 is 0 Å². The van der Waals surface area contributed by atoms with Gasteiger partial charge in [-0.3, -0.25) is 4.68 Å². The topological polar surface area (TPSA) is 17.8 Å². The van der Waals surface area contributed by atoms with Gasteiger partial charge >= 0.3 is 0 Å². The molecule has 48 valence electrons. The number of hydrogen-bond donors (Lipinski definition) is 0. The predicted octanol–water partition coefficient (Wildman–Crippen LogP) is 1.27. The van der Waals surface area contributed by atoms with Crippen LogP contribution >= 0.6 is 9.24 Å². The van der Waals surface area contributed by atoms with Gasteiger partial charge in [-0.05, 0) is 6.07 Å². The van der Waals surface area contributed by atoms with Crippen LogP contribution in [-0.4, -0.2) is 9.78 Å². The summed E-state index contributed by atoms with van der Waals surface area (Å²) in [7, 11) is 2.52. The Morgan fingerprint density at radius 2 is 2.56 bits per heavy atom. The molecule has 0 fully saturated rings. The van der Waals surface area contributed by atoms with E-state index in [2.05, 4.69) is 14.3 Å². The van der Waals surface area contributed by atoms with E-state index in [1.54, 1.807) is 6.20 Å². The summed E-state index contributed by atoms with van der Waals surface area (Å²) in [6, 6.07) is 1.91. The molecule has 1 heterocycles. The molecular formula is C6H9N2P. The fourth-order valence-electron chi connectivity index (χ4n) is 0.577. The molecule has 1 aromatic heterocycles. The molecule has 0 saturated carbocycles. The van der Waals surface area contributed by atoms with Crippen molar-refractivity contribution in [3.05, 3.63) is 30.4 Å². The van der Waals surface area contributed by atoms with Crippen LogP contribution in [0.15, 0.2) is 30.4 Å². The molecule has 0 amide bonds. The quantitative estimate of drug-likeness (QED) is 0.565. The first-order valence-corrected chi connectivity index (χ1v) is 3.44. The molecule has 1 atom stereocenters. The third kappa shape index (κ3) is 1.98. The molecule has 0 spiro atoms. The van der Waals surface area contributed by atoms with Gasteiger partial charge < -0.3 is 0 Å². The molecule has 0 aliphatic rings. The minimum Gasteiger partial charge on any atom is -0.269 e. The minimum atomic E-state index is 0.858. The molecule has 0 aliphatic carbocycles. The summed E-state index contributed by atoms with van der Waals surface area (Å²) in [5.74, 6) is 1.93. The molecule has 0 radical (unpaired) electrons. The summed E-state index contributed by atoms with van der Waals surface area (Å²) >= 11 is 0. The Balaban J connectivity index is 2.48. The van der Waals surface area contributed by atoms with Crippen molar-refractivity contribution in [2.24, 2.45) is 0 Å². The van der Waals surface area contributed by atoms with E-state index in [0.717, 1.165) is 6.54 Å². The first-order valence-electron chi connectivity index (χ1n) is 2.77.